The zero-order valence-corrected chi connectivity index (χ0v) is 15.9. The van der Waals surface area contributed by atoms with Crippen LogP contribution in [0.4, 0.5) is 10.1 Å². The smallest absolute Gasteiger partial charge is 0.239 e. The first-order valence-electron chi connectivity index (χ1n) is 8.00. The molecule has 0 aliphatic rings. The van der Waals surface area contributed by atoms with Crippen LogP contribution in [-0.2, 0) is 16.0 Å². The lowest BCUT2D eigenvalue weighted by atomic mass is 9.91. The predicted octanol–water partition coefficient (Wildman–Crippen LogP) is 4.46. The molecule has 0 radical (unpaired) electrons. The van der Waals surface area contributed by atoms with Gasteiger partial charge in [-0.25, -0.2) is 4.39 Å². The highest BCUT2D eigenvalue weighted by molar-refractivity contribution is 6.44. The fourth-order valence-corrected chi connectivity index (χ4v) is 2.56. The van der Waals surface area contributed by atoms with E-state index in [0.717, 1.165) is 0 Å². The van der Waals surface area contributed by atoms with Crippen LogP contribution in [0.15, 0.2) is 42.5 Å². The van der Waals surface area contributed by atoms with E-state index in [-0.39, 0.29) is 17.4 Å². The molecule has 0 saturated carbocycles. The van der Waals surface area contributed by atoms with Gasteiger partial charge in [0.05, 0.1) is 15.7 Å². The summed E-state index contributed by atoms with van der Waals surface area (Å²) < 4.78 is 13.6. The lowest BCUT2D eigenvalue weighted by Crippen LogP contribution is -2.45. The summed E-state index contributed by atoms with van der Waals surface area (Å²) >= 11 is 12.0. The van der Waals surface area contributed by atoms with Gasteiger partial charge in [0.2, 0.25) is 11.8 Å². The normalized spacial score (nSPS) is 11.1. The molecule has 0 fully saturated rings. The van der Waals surface area contributed by atoms with E-state index < -0.39 is 17.2 Å². The Labute approximate surface area is 161 Å². The Morgan fingerprint density at radius 2 is 1.73 bits per heavy atom. The van der Waals surface area contributed by atoms with Crippen molar-refractivity contribution >= 4 is 40.7 Å². The molecule has 2 N–H and O–H groups in total. The molecule has 2 aromatic carbocycles. The molecule has 7 heteroatoms. The summed E-state index contributed by atoms with van der Waals surface area (Å²) in [5, 5.41) is 5.79. The van der Waals surface area contributed by atoms with E-state index >= 15 is 0 Å². The van der Waals surface area contributed by atoms with Gasteiger partial charge in [0.1, 0.15) is 11.2 Å². The van der Waals surface area contributed by atoms with Crippen molar-refractivity contribution in [1.82, 2.24) is 5.32 Å². The van der Waals surface area contributed by atoms with Crippen molar-refractivity contribution in [2.45, 2.75) is 20.3 Å². The van der Waals surface area contributed by atoms with E-state index in [1.54, 1.807) is 36.4 Å². The Kier molecular flexibility index (Phi) is 6.62. The Balaban J connectivity index is 1.97. The number of nitrogens with one attached hydrogen (secondary N) is 2. The van der Waals surface area contributed by atoms with Gasteiger partial charge in [-0.1, -0.05) is 47.5 Å². The van der Waals surface area contributed by atoms with Gasteiger partial charge in [0, 0.05) is 6.54 Å². The van der Waals surface area contributed by atoms with Crippen LogP contribution in [0.3, 0.4) is 0 Å². The maximum Gasteiger partial charge on any atom is 0.239 e. The van der Waals surface area contributed by atoms with E-state index in [9.17, 15) is 14.0 Å². The number of hydrogen-bond donors (Lipinski definition) is 2. The van der Waals surface area contributed by atoms with Gasteiger partial charge in [-0.05, 0) is 44.0 Å². The summed E-state index contributed by atoms with van der Waals surface area (Å²) in [6.07, 6.45) is 0.330. The zero-order valence-electron chi connectivity index (χ0n) is 14.4. The summed E-state index contributed by atoms with van der Waals surface area (Å²) in [6, 6.07) is 11.2. The van der Waals surface area contributed by atoms with Crippen LogP contribution in [0.1, 0.15) is 19.4 Å². The van der Waals surface area contributed by atoms with Crippen LogP contribution in [0, 0.1) is 11.2 Å². The summed E-state index contributed by atoms with van der Waals surface area (Å²) in [4.78, 5) is 24.9. The van der Waals surface area contributed by atoms with Gasteiger partial charge in [-0.15, -0.1) is 0 Å². The van der Waals surface area contributed by atoms with E-state index in [2.05, 4.69) is 10.6 Å². The van der Waals surface area contributed by atoms with Gasteiger partial charge in [0.15, 0.2) is 0 Å². The molecule has 0 bridgehead atoms. The number of carbonyl (C=O) groups is 2. The van der Waals surface area contributed by atoms with Gasteiger partial charge >= 0.3 is 0 Å². The SMILES string of the molecule is CC(C)(C(=O)NCCc1ccccc1F)C(=O)Nc1cccc(Cl)c1Cl. The van der Waals surface area contributed by atoms with E-state index in [1.807, 2.05) is 0 Å². The molecular weight excluding hydrogens is 378 g/mol. The summed E-state index contributed by atoms with van der Waals surface area (Å²) in [5.41, 5.74) is -0.516. The predicted molar refractivity (Wildman–Crippen MR) is 102 cm³/mol. The first-order valence-corrected chi connectivity index (χ1v) is 8.76. The molecule has 2 amide bonds. The van der Waals surface area contributed by atoms with Gasteiger partial charge in [0.25, 0.3) is 0 Å². The average Bonchev–Trinajstić information content (AvgIpc) is 2.60. The molecule has 0 heterocycles. The minimum Gasteiger partial charge on any atom is -0.355 e. The van der Waals surface area contributed by atoms with Gasteiger partial charge < -0.3 is 10.6 Å². The lowest BCUT2D eigenvalue weighted by Gasteiger charge is -2.23. The first-order chi connectivity index (χ1) is 12.2. The standard InChI is InChI=1S/C19H19Cl2FN2O2/c1-19(2,18(26)24-15-9-5-7-13(20)16(15)21)17(25)23-11-10-12-6-3-4-8-14(12)22/h3-9H,10-11H2,1-2H3,(H,23,25)(H,24,26). The fourth-order valence-electron chi connectivity index (χ4n) is 2.21. The molecule has 0 aliphatic carbocycles. The van der Waals surface area contributed by atoms with Crippen molar-refractivity contribution < 1.29 is 14.0 Å². The van der Waals surface area contributed by atoms with Crippen LogP contribution in [-0.4, -0.2) is 18.4 Å². The monoisotopic (exact) mass is 396 g/mol. The van der Waals surface area contributed by atoms with Crippen LogP contribution in [0.25, 0.3) is 0 Å². The number of hydrogen-bond acceptors (Lipinski definition) is 2. The highest BCUT2D eigenvalue weighted by Crippen LogP contribution is 2.30. The number of halogens is 3. The minimum absolute atomic E-state index is 0.207. The van der Waals surface area contributed by atoms with Crippen molar-refractivity contribution in [3.8, 4) is 0 Å². The molecule has 2 rings (SSSR count). The minimum atomic E-state index is -1.35. The highest BCUT2D eigenvalue weighted by atomic mass is 35.5. The van der Waals surface area contributed by atoms with Crippen LogP contribution in [0.5, 0.6) is 0 Å². The number of amides is 2. The third-order valence-electron chi connectivity index (χ3n) is 3.97. The van der Waals surface area contributed by atoms with E-state index in [1.165, 1.54) is 19.9 Å². The van der Waals surface area contributed by atoms with E-state index in [0.29, 0.717) is 22.7 Å². The van der Waals surface area contributed by atoms with Crippen molar-refractivity contribution in [3.05, 3.63) is 63.9 Å². The molecule has 0 spiro atoms. The molecule has 0 atom stereocenters. The molecule has 138 valence electrons. The third kappa shape index (κ3) is 4.74. The van der Waals surface area contributed by atoms with E-state index in [4.69, 9.17) is 23.2 Å². The summed E-state index contributed by atoms with van der Waals surface area (Å²) in [6.45, 7) is 3.22. The molecule has 26 heavy (non-hydrogen) atoms. The van der Waals surface area contributed by atoms with Crippen LogP contribution >= 0.6 is 23.2 Å². The van der Waals surface area contributed by atoms with Crippen molar-refractivity contribution in [2.24, 2.45) is 5.41 Å². The number of benzene rings is 2. The van der Waals surface area contributed by atoms with Gasteiger partial charge in [-0.2, -0.15) is 0 Å². The van der Waals surface area contributed by atoms with Crippen LogP contribution < -0.4 is 10.6 Å². The molecule has 0 aromatic heterocycles. The fraction of sp³-hybridized carbons (Fsp3) is 0.263. The third-order valence-corrected chi connectivity index (χ3v) is 4.79. The largest absolute Gasteiger partial charge is 0.355 e. The molecule has 0 unspecified atom stereocenters. The van der Waals surface area contributed by atoms with Crippen LogP contribution in [0.2, 0.25) is 10.0 Å². The molecule has 0 saturated heterocycles. The summed E-state index contributed by atoms with van der Waals surface area (Å²) in [7, 11) is 0. The van der Waals surface area contributed by atoms with Crippen molar-refractivity contribution in [1.29, 1.82) is 0 Å². The lowest BCUT2D eigenvalue weighted by molar-refractivity contribution is -0.138. The molecule has 0 aliphatic heterocycles. The first kappa shape index (κ1) is 20.2. The average molecular weight is 397 g/mol. The topological polar surface area (TPSA) is 58.2 Å². The number of rotatable bonds is 6. The van der Waals surface area contributed by atoms with Crippen molar-refractivity contribution in [3.63, 3.8) is 0 Å². The Bertz CT molecular complexity index is 825. The van der Waals surface area contributed by atoms with Gasteiger partial charge in [-0.3, -0.25) is 9.59 Å². The zero-order chi connectivity index (χ0) is 19.3. The molecule has 4 nitrogen and oxygen atoms in total. The Morgan fingerprint density at radius 3 is 2.42 bits per heavy atom. The molecule has 2 aromatic rings. The second kappa shape index (κ2) is 8.52. The summed E-state index contributed by atoms with van der Waals surface area (Å²) in [5.74, 6) is -1.32. The second-order valence-electron chi connectivity index (χ2n) is 6.28. The maximum atomic E-state index is 13.6. The number of anilines is 1. The highest BCUT2D eigenvalue weighted by Gasteiger charge is 2.36. The Morgan fingerprint density at radius 1 is 1.04 bits per heavy atom. The Hall–Kier alpha value is -2.11. The number of carbonyl (C=O) groups excluding carboxylic acids is 2. The quantitative estimate of drug-likeness (QED) is 0.708. The second-order valence-corrected chi connectivity index (χ2v) is 7.06. The maximum absolute atomic E-state index is 13.6. The van der Waals surface area contributed by atoms with Crippen molar-refractivity contribution in [2.75, 3.05) is 11.9 Å². The molecular formula is C19H19Cl2FN2O2.